The molecule has 11 unspecified atom stereocenters. The predicted molar refractivity (Wildman–Crippen MR) is 186 cm³/mol. The maximum absolute atomic E-state index is 13.3. The van der Waals surface area contributed by atoms with Gasteiger partial charge in [0, 0.05) is 31.4 Å². The van der Waals surface area contributed by atoms with E-state index in [1.807, 2.05) is 18.2 Å². The van der Waals surface area contributed by atoms with E-state index in [1.54, 1.807) is 28.3 Å². The number of Topliss-reactive ketones (excluding diaryl/α,β-unsaturated/α-hetero) is 1. The summed E-state index contributed by atoms with van der Waals surface area (Å²) in [7, 11) is 5.08. The predicted octanol–water partition coefficient (Wildman–Crippen LogP) is 7.31. The Morgan fingerprint density at radius 2 is 1.65 bits per heavy atom. The van der Waals surface area contributed by atoms with Crippen molar-refractivity contribution in [2.24, 2.45) is 53.3 Å². The molecule has 1 spiro atoms. The van der Waals surface area contributed by atoms with Gasteiger partial charge in [-0.05, 0) is 99.2 Å². The Kier molecular flexibility index (Phi) is 10.3. The van der Waals surface area contributed by atoms with Gasteiger partial charge in [0.25, 0.3) is 0 Å². The summed E-state index contributed by atoms with van der Waals surface area (Å²) in [6, 6.07) is 5.95. The molecular formula is C40H57NO8. The summed E-state index contributed by atoms with van der Waals surface area (Å²) < 4.78 is 31.5. The molecule has 3 aliphatic heterocycles. The quantitative estimate of drug-likeness (QED) is 0.134. The van der Waals surface area contributed by atoms with Gasteiger partial charge < -0.3 is 34.1 Å². The van der Waals surface area contributed by atoms with Crippen molar-refractivity contribution in [1.82, 2.24) is 5.32 Å². The van der Waals surface area contributed by atoms with Gasteiger partial charge in [0.05, 0.1) is 32.5 Å². The van der Waals surface area contributed by atoms with Crippen LogP contribution in [0.25, 0.3) is 0 Å². The van der Waals surface area contributed by atoms with Crippen LogP contribution in [-0.2, 0) is 23.8 Å². The molecule has 0 aromatic heterocycles. The van der Waals surface area contributed by atoms with Crippen molar-refractivity contribution in [3.63, 3.8) is 0 Å². The molecule has 270 valence electrons. The molecule has 3 heterocycles. The van der Waals surface area contributed by atoms with Crippen LogP contribution in [0.3, 0.4) is 0 Å². The van der Waals surface area contributed by atoms with E-state index >= 15 is 0 Å². The van der Waals surface area contributed by atoms with Gasteiger partial charge in [0.2, 0.25) is 5.91 Å². The molecule has 5 aliphatic rings. The van der Waals surface area contributed by atoms with E-state index < -0.39 is 11.7 Å². The lowest BCUT2D eigenvalue weighted by atomic mass is 9.56. The average Bonchev–Trinajstić information content (AvgIpc) is 3.35. The molecule has 13 atom stereocenters. The van der Waals surface area contributed by atoms with Gasteiger partial charge in [-0.2, -0.15) is 0 Å². The molecule has 1 aromatic carbocycles. The van der Waals surface area contributed by atoms with E-state index in [-0.39, 0.29) is 88.8 Å². The summed E-state index contributed by atoms with van der Waals surface area (Å²) >= 11 is 0. The summed E-state index contributed by atoms with van der Waals surface area (Å²) in [5.41, 5.74) is 2.28. The SMILES string of the molecule is COc1cc(OC)cc(C2OC3(CCC2C)OC(C[C@@H]2C(C)=CC4CCC(OC)C(C)C4[C@H]2/C(O)=C2\NC(=O)C(C)C2=O)C(C)CC3C)c1. The van der Waals surface area contributed by atoms with Crippen LogP contribution < -0.4 is 14.8 Å². The third kappa shape index (κ3) is 6.44. The summed E-state index contributed by atoms with van der Waals surface area (Å²) in [6.07, 6.45) is 7.39. The average molecular weight is 680 g/mol. The van der Waals surface area contributed by atoms with Gasteiger partial charge in [-0.3, -0.25) is 9.59 Å². The fourth-order valence-corrected chi connectivity index (χ4v) is 9.99. The molecule has 9 heteroatoms. The molecule has 1 aromatic rings. The second-order valence-corrected chi connectivity index (χ2v) is 15.8. The van der Waals surface area contributed by atoms with E-state index in [2.05, 4.69) is 46.0 Å². The van der Waals surface area contributed by atoms with Gasteiger partial charge in [-0.15, -0.1) is 0 Å². The number of rotatable bonds is 7. The van der Waals surface area contributed by atoms with Crippen molar-refractivity contribution >= 4 is 11.7 Å². The number of hydrogen-bond acceptors (Lipinski definition) is 8. The Morgan fingerprint density at radius 1 is 0.959 bits per heavy atom. The number of carbonyl (C=O) groups is 2. The highest BCUT2D eigenvalue weighted by Gasteiger charge is 2.54. The molecule has 1 saturated carbocycles. The number of fused-ring (bicyclic) bond motifs is 1. The first-order chi connectivity index (χ1) is 23.3. The highest BCUT2D eigenvalue weighted by molar-refractivity contribution is 6.17. The van der Waals surface area contributed by atoms with Crippen molar-refractivity contribution < 1.29 is 38.4 Å². The van der Waals surface area contributed by atoms with Gasteiger partial charge in [0.15, 0.2) is 11.6 Å². The minimum atomic E-state index is -0.812. The number of nitrogens with one attached hydrogen (secondary N) is 1. The number of ether oxygens (including phenoxy) is 5. The Hall–Kier alpha value is -2.88. The van der Waals surface area contributed by atoms with Gasteiger partial charge in [0.1, 0.15) is 28.9 Å². The highest BCUT2D eigenvalue weighted by atomic mass is 16.7. The van der Waals surface area contributed by atoms with Crippen LogP contribution in [0, 0.1) is 53.3 Å². The standard InChI is InChI=1S/C40H57NO8/c1-20-12-13-40(49-38(20)27-16-28(45-7)18-29(17-27)46-8)23(4)14-22(3)32(48-40)19-30-21(2)15-26-10-11-31(47-9)24(5)33(26)34(30)37(43)35-36(42)25(6)39(44)41-35/h15-18,20,22-26,30-34,38,43H,10-14,19H2,1-9H3,(H,41,44)/b37-35+/t20?,22?,23?,24?,25?,26?,30-,31?,32?,33?,34+,38?,40?/m1/s1. The zero-order valence-electron chi connectivity index (χ0n) is 30.8. The van der Waals surface area contributed by atoms with Crippen molar-refractivity contribution in [1.29, 1.82) is 0 Å². The number of aliphatic hydroxyl groups is 1. The Morgan fingerprint density at radius 3 is 2.27 bits per heavy atom. The summed E-state index contributed by atoms with van der Waals surface area (Å²) in [5, 5.41) is 14.9. The van der Waals surface area contributed by atoms with Gasteiger partial charge >= 0.3 is 0 Å². The molecule has 1 amide bonds. The van der Waals surface area contributed by atoms with Crippen LogP contribution >= 0.6 is 0 Å². The summed E-state index contributed by atoms with van der Waals surface area (Å²) in [5.74, 6) is -0.116. The molecule has 0 bridgehead atoms. The third-order valence-corrected chi connectivity index (χ3v) is 13.0. The van der Waals surface area contributed by atoms with E-state index in [0.717, 1.165) is 49.2 Å². The fourth-order valence-electron chi connectivity index (χ4n) is 9.99. The second kappa shape index (κ2) is 14.0. The zero-order valence-corrected chi connectivity index (χ0v) is 30.8. The van der Waals surface area contributed by atoms with Crippen LogP contribution in [0.1, 0.15) is 91.7 Å². The van der Waals surface area contributed by atoms with Gasteiger partial charge in [-0.25, -0.2) is 0 Å². The molecule has 2 N–H and O–H groups in total. The lowest BCUT2D eigenvalue weighted by Crippen LogP contribution is -2.55. The maximum atomic E-state index is 13.3. The number of ketones is 1. The molecule has 9 nitrogen and oxygen atoms in total. The fraction of sp³-hybridized carbons (Fsp3) is 0.700. The lowest BCUT2D eigenvalue weighted by Gasteiger charge is -2.54. The number of methoxy groups -OCH3 is 3. The van der Waals surface area contributed by atoms with Crippen molar-refractivity contribution in [3.05, 3.63) is 46.9 Å². The number of benzene rings is 1. The van der Waals surface area contributed by atoms with Crippen molar-refractivity contribution in [2.45, 2.75) is 104 Å². The van der Waals surface area contributed by atoms with Crippen LogP contribution in [0.15, 0.2) is 41.3 Å². The number of hydrogen-bond donors (Lipinski definition) is 2. The Labute approximate surface area is 292 Å². The highest BCUT2D eigenvalue weighted by Crippen LogP contribution is 2.55. The topological polar surface area (TPSA) is 113 Å². The number of allylic oxidation sites excluding steroid dienone is 4. The monoisotopic (exact) mass is 679 g/mol. The molecule has 3 saturated heterocycles. The molecule has 4 fully saturated rings. The zero-order chi connectivity index (χ0) is 35.4. The normalized spacial score (nSPS) is 41.9. The molecular weight excluding hydrogens is 622 g/mol. The molecule has 6 rings (SSSR count). The van der Waals surface area contributed by atoms with E-state index in [0.29, 0.717) is 6.42 Å². The summed E-state index contributed by atoms with van der Waals surface area (Å²) in [4.78, 5) is 25.9. The van der Waals surface area contributed by atoms with Crippen LogP contribution in [0.2, 0.25) is 0 Å². The largest absolute Gasteiger partial charge is 0.510 e. The Balaban J connectivity index is 1.34. The lowest BCUT2D eigenvalue weighted by molar-refractivity contribution is -0.356. The first-order valence-corrected chi connectivity index (χ1v) is 18.4. The Bertz CT molecular complexity index is 1460. The maximum Gasteiger partial charge on any atom is 0.235 e. The minimum absolute atomic E-state index is 0.0140. The first kappa shape index (κ1) is 35.9. The minimum Gasteiger partial charge on any atom is -0.510 e. The molecule has 0 radical (unpaired) electrons. The van der Waals surface area contributed by atoms with Crippen molar-refractivity contribution in [2.75, 3.05) is 21.3 Å². The van der Waals surface area contributed by atoms with Crippen LogP contribution in [-0.4, -0.2) is 56.1 Å². The smallest absolute Gasteiger partial charge is 0.235 e. The van der Waals surface area contributed by atoms with E-state index in [1.165, 1.54) is 5.57 Å². The van der Waals surface area contributed by atoms with Crippen LogP contribution in [0.4, 0.5) is 0 Å². The third-order valence-electron chi connectivity index (χ3n) is 13.0. The number of amides is 1. The van der Waals surface area contributed by atoms with Crippen LogP contribution in [0.5, 0.6) is 11.5 Å². The number of aliphatic hydroxyl groups excluding tert-OH is 1. The van der Waals surface area contributed by atoms with E-state index in [9.17, 15) is 14.7 Å². The number of carbonyl (C=O) groups excluding carboxylic acids is 2. The van der Waals surface area contributed by atoms with Gasteiger partial charge in [-0.1, -0.05) is 39.3 Å². The molecule has 49 heavy (non-hydrogen) atoms. The summed E-state index contributed by atoms with van der Waals surface area (Å²) in [6.45, 7) is 12.7. The first-order valence-electron chi connectivity index (χ1n) is 18.4. The van der Waals surface area contributed by atoms with Crippen molar-refractivity contribution in [3.8, 4) is 11.5 Å². The van der Waals surface area contributed by atoms with E-state index in [4.69, 9.17) is 23.7 Å². The second-order valence-electron chi connectivity index (χ2n) is 15.8. The molecule has 2 aliphatic carbocycles.